The van der Waals surface area contributed by atoms with Crippen molar-refractivity contribution in [2.75, 3.05) is 12.4 Å². The molecule has 0 aliphatic heterocycles. The summed E-state index contributed by atoms with van der Waals surface area (Å²) >= 11 is 2.25. The van der Waals surface area contributed by atoms with Gasteiger partial charge in [-0.15, -0.1) is 0 Å². The van der Waals surface area contributed by atoms with Gasteiger partial charge in [-0.3, -0.25) is 0 Å². The molecular weight excluding hydrogens is 263 g/mol. The molecule has 1 aromatic heterocycles. The molecule has 0 aromatic carbocycles. The molecule has 0 saturated carbocycles. The first-order valence-corrected chi connectivity index (χ1v) is 5.13. The van der Waals surface area contributed by atoms with Gasteiger partial charge in [-0.2, -0.15) is 0 Å². The van der Waals surface area contributed by atoms with Crippen molar-refractivity contribution in [2.24, 2.45) is 0 Å². The fourth-order valence-electron chi connectivity index (χ4n) is 0.715. The number of pyridine rings is 1. The molecule has 2 nitrogen and oxygen atoms in total. The molecule has 1 aromatic rings. The highest BCUT2D eigenvalue weighted by Crippen LogP contribution is 2.14. The lowest BCUT2D eigenvalue weighted by Gasteiger charge is -2.01. The van der Waals surface area contributed by atoms with E-state index in [0.29, 0.717) is 0 Å². The fraction of sp³-hybridized carbons (Fsp3) is 0.444. The number of hydrogen-bond donors (Lipinski definition) is 1. The molecule has 1 heterocycles. The molecule has 0 unspecified atom stereocenters. The van der Waals surface area contributed by atoms with Gasteiger partial charge in [-0.25, -0.2) is 4.98 Å². The number of halogens is 1. The lowest BCUT2D eigenvalue weighted by Crippen LogP contribution is -1.95. The third-order valence-electron chi connectivity index (χ3n) is 1.22. The number of nitrogens with one attached hydrogen (secondary N) is 1. The molecule has 0 fully saturated rings. The molecule has 0 amide bonds. The summed E-state index contributed by atoms with van der Waals surface area (Å²) in [5.74, 6) is 0.959. The topological polar surface area (TPSA) is 24.9 Å². The number of anilines is 1. The second-order valence-electron chi connectivity index (χ2n) is 2.03. The van der Waals surface area contributed by atoms with E-state index < -0.39 is 0 Å². The van der Waals surface area contributed by atoms with Gasteiger partial charge in [0, 0.05) is 12.7 Å². The van der Waals surface area contributed by atoms with Crippen molar-refractivity contribution in [1.82, 2.24) is 4.98 Å². The van der Waals surface area contributed by atoms with Crippen LogP contribution in [-0.2, 0) is 0 Å². The minimum Gasteiger partial charge on any atom is -0.372 e. The molecule has 0 bridgehead atoms. The lowest BCUT2D eigenvalue weighted by atomic mass is 10.4. The first-order valence-electron chi connectivity index (χ1n) is 4.05. The van der Waals surface area contributed by atoms with Gasteiger partial charge in [-0.1, -0.05) is 13.8 Å². The van der Waals surface area contributed by atoms with Crippen LogP contribution in [0.1, 0.15) is 19.5 Å². The number of hydrogen-bond acceptors (Lipinski definition) is 2. The van der Waals surface area contributed by atoms with Gasteiger partial charge in [0.25, 0.3) is 0 Å². The maximum Gasteiger partial charge on any atom is 0.139 e. The molecule has 12 heavy (non-hydrogen) atoms. The monoisotopic (exact) mass is 278 g/mol. The SMILES string of the molecule is CC.CNc1nc(C)ccc1I. The van der Waals surface area contributed by atoms with E-state index in [9.17, 15) is 0 Å². The van der Waals surface area contributed by atoms with Gasteiger partial charge < -0.3 is 5.32 Å². The lowest BCUT2D eigenvalue weighted by molar-refractivity contribution is 1.18. The Hall–Kier alpha value is -0.320. The van der Waals surface area contributed by atoms with Crippen molar-refractivity contribution in [3.8, 4) is 0 Å². The molecule has 0 saturated heterocycles. The van der Waals surface area contributed by atoms with Crippen LogP contribution in [0, 0.1) is 10.5 Å². The van der Waals surface area contributed by atoms with Gasteiger partial charge in [0.2, 0.25) is 0 Å². The predicted molar refractivity (Wildman–Crippen MR) is 62.6 cm³/mol. The summed E-state index contributed by atoms with van der Waals surface area (Å²) in [5.41, 5.74) is 1.05. The average Bonchev–Trinajstić information content (AvgIpc) is 2.13. The second kappa shape index (κ2) is 6.22. The highest BCUT2D eigenvalue weighted by molar-refractivity contribution is 14.1. The number of rotatable bonds is 1. The van der Waals surface area contributed by atoms with Crippen molar-refractivity contribution in [3.63, 3.8) is 0 Å². The zero-order chi connectivity index (χ0) is 9.56. The Morgan fingerprint density at radius 2 is 1.92 bits per heavy atom. The van der Waals surface area contributed by atoms with E-state index in [2.05, 4.69) is 39.0 Å². The third-order valence-corrected chi connectivity index (χ3v) is 2.09. The first-order chi connectivity index (χ1) is 5.74. The van der Waals surface area contributed by atoms with Crippen molar-refractivity contribution in [2.45, 2.75) is 20.8 Å². The summed E-state index contributed by atoms with van der Waals surface area (Å²) in [6, 6.07) is 4.05. The van der Waals surface area contributed by atoms with Gasteiger partial charge in [0.15, 0.2) is 0 Å². The second-order valence-corrected chi connectivity index (χ2v) is 3.20. The van der Waals surface area contributed by atoms with Gasteiger partial charge >= 0.3 is 0 Å². The number of aromatic nitrogens is 1. The van der Waals surface area contributed by atoms with E-state index in [-0.39, 0.29) is 0 Å². The van der Waals surface area contributed by atoms with Crippen LogP contribution in [-0.4, -0.2) is 12.0 Å². The Morgan fingerprint density at radius 1 is 1.33 bits per heavy atom. The van der Waals surface area contributed by atoms with Crippen molar-refractivity contribution < 1.29 is 0 Å². The summed E-state index contributed by atoms with van der Waals surface area (Å²) in [7, 11) is 1.88. The van der Waals surface area contributed by atoms with Gasteiger partial charge in [0.1, 0.15) is 5.82 Å². The molecule has 0 atom stereocenters. The molecular formula is C9H15IN2. The van der Waals surface area contributed by atoms with Crippen LogP contribution >= 0.6 is 22.6 Å². The van der Waals surface area contributed by atoms with Crippen molar-refractivity contribution in [1.29, 1.82) is 0 Å². The maximum absolute atomic E-state index is 4.27. The van der Waals surface area contributed by atoms with E-state index >= 15 is 0 Å². The Balaban J connectivity index is 0.000000561. The van der Waals surface area contributed by atoms with Crippen LogP contribution in [0.25, 0.3) is 0 Å². The largest absolute Gasteiger partial charge is 0.372 e. The standard InChI is InChI=1S/C7H9IN2.C2H6/c1-5-3-4-6(8)7(9-2)10-5;1-2/h3-4H,1-2H3,(H,9,10);1-2H3. The number of nitrogens with zero attached hydrogens (tertiary/aromatic N) is 1. The van der Waals surface area contributed by atoms with Crippen LogP contribution in [0.5, 0.6) is 0 Å². The molecule has 1 rings (SSSR count). The molecule has 68 valence electrons. The van der Waals surface area contributed by atoms with E-state index in [4.69, 9.17) is 0 Å². The zero-order valence-electron chi connectivity index (χ0n) is 7.98. The first kappa shape index (κ1) is 11.7. The molecule has 3 heteroatoms. The molecule has 0 spiro atoms. The number of aryl methyl sites for hydroxylation is 1. The Kier molecular flexibility index (Phi) is 6.06. The van der Waals surface area contributed by atoms with Crippen LogP contribution in [0.2, 0.25) is 0 Å². The Bertz CT molecular complexity index is 236. The average molecular weight is 278 g/mol. The quantitative estimate of drug-likeness (QED) is 0.799. The summed E-state index contributed by atoms with van der Waals surface area (Å²) in [6.07, 6.45) is 0. The Labute approximate surface area is 87.9 Å². The normalized spacial score (nSPS) is 8.42. The molecule has 0 aliphatic carbocycles. The summed E-state index contributed by atoms with van der Waals surface area (Å²) in [5, 5.41) is 3.02. The van der Waals surface area contributed by atoms with Crippen molar-refractivity contribution >= 4 is 28.4 Å². The molecule has 0 radical (unpaired) electrons. The van der Waals surface area contributed by atoms with Crippen LogP contribution in [0.15, 0.2) is 12.1 Å². The zero-order valence-corrected chi connectivity index (χ0v) is 10.1. The minimum absolute atomic E-state index is 0.959. The van der Waals surface area contributed by atoms with E-state index in [1.54, 1.807) is 0 Å². The predicted octanol–water partition coefficient (Wildman–Crippen LogP) is 3.06. The highest BCUT2D eigenvalue weighted by Gasteiger charge is 1.96. The van der Waals surface area contributed by atoms with E-state index in [1.807, 2.05) is 33.9 Å². The fourth-order valence-corrected chi connectivity index (χ4v) is 1.29. The summed E-state index contributed by atoms with van der Waals surface area (Å²) in [4.78, 5) is 4.27. The smallest absolute Gasteiger partial charge is 0.139 e. The summed E-state index contributed by atoms with van der Waals surface area (Å²) in [6.45, 7) is 5.98. The van der Waals surface area contributed by atoms with Gasteiger partial charge in [-0.05, 0) is 41.6 Å². The Morgan fingerprint density at radius 3 is 2.33 bits per heavy atom. The minimum atomic E-state index is 0.959. The molecule has 1 N–H and O–H groups in total. The van der Waals surface area contributed by atoms with E-state index in [1.165, 1.54) is 0 Å². The summed E-state index contributed by atoms with van der Waals surface area (Å²) < 4.78 is 1.16. The van der Waals surface area contributed by atoms with Crippen LogP contribution in [0.4, 0.5) is 5.82 Å². The highest BCUT2D eigenvalue weighted by atomic mass is 127. The van der Waals surface area contributed by atoms with Crippen LogP contribution in [0.3, 0.4) is 0 Å². The maximum atomic E-state index is 4.27. The van der Waals surface area contributed by atoms with Crippen molar-refractivity contribution in [3.05, 3.63) is 21.4 Å². The van der Waals surface area contributed by atoms with Gasteiger partial charge in [0.05, 0.1) is 3.57 Å². The van der Waals surface area contributed by atoms with E-state index in [0.717, 1.165) is 15.1 Å². The molecule has 0 aliphatic rings. The van der Waals surface area contributed by atoms with Crippen LogP contribution < -0.4 is 5.32 Å². The third kappa shape index (κ3) is 3.38.